The number of anilines is 2. The van der Waals surface area contributed by atoms with Gasteiger partial charge >= 0.3 is 5.97 Å². The molecule has 2 amide bonds. The summed E-state index contributed by atoms with van der Waals surface area (Å²) in [7, 11) is -3.48. The van der Waals surface area contributed by atoms with E-state index in [-0.39, 0.29) is 29.6 Å². The van der Waals surface area contributed by atoms with Crippen molar-refractivity contribution in [2.75, 3.05) is 22.9 Å². The number of amidine groups is 1. The summed E-state index contributed by atoms with van der Waals surface area (Å²) in [6.07, 6.45) is 3.18. The van der Waals surface area contributed by atoms with Crippen LogP contribution in [0.3, 0.4) is 0 Å². The Labute approximate surface area is 173 Å². The average Bonchev–Trinajstić information content (AvgIpc) is 2.68. The smallest absolute Gasteiger partial charge is 0.340 e. The molecule has 0 fully saturated rings. The van der Waals surface area contributed by atoms with Gasteiger partial charge in [0.2, 0.25) is 5.91 Å². The normalized spacial score (nSPS) is 17.7. The first-order chi connectivity index (χ1) is 14.1. The number of ether oxygens (including phenoxy) is 1. The molecule has 0 aliphatic carbocycles. The molecule has 0 aromatic heterocycles. The Kier molecular flexibility index (Phi) is 6.01. The zero-order valence-corrected chi connectivity index (χ0v) is 17.1. The molecule has 3 rings (SSSR count). The topological polar surface area (TPSA) is 134 Å². The van der Waals surface area contributed by atoms with Crippen LogP contribution in [0, 0.1) is 0 Å². The predicted octanol–water partition coefficient (Wildman–Crippen LogP) is 1.01. The van der Waals surface area contributed by atoms with Gasteiger partial charge in [0.25, 0.3) is 15.9 Å². The summed E-state index contributed by atoms with van der Waals surface area (Å²) >= 11 is 0. The van der Waals surface area contributed by atoms with Gasteiger partial charge in [-0.3, -0.25) is 9.59 Å². The molecule has 2 N–H and O–H groups in total. The van der Waals surface area contributed by atoms with Crippen LogP contribution in [0.4, 0.5) is 11.4 Å². The number of sulfonamides is 1. The highest BCUT2D eigenvalue weighted by Crippen LogP contribution is 2.18. The number of amides is 2. The van der Waals surface area contributed by atoms with E-state index in [0.717, 1.165) is 0 Å². The van der Waals surface area contributed by atoms with Gasteiger partial charge in [0.05, 0.1) is 11.3 Å². The summed E-state index contributed by atoms with van der Waals surface area (Å²) in [4.78, 5) is 37.2. The third-order valence-corrected chi connectivity index (χ3v) is 5.35. The van der Waals surface area contributed by atoms with Gasteiger partial charge in [0, 0.05) is 31.0 Å². The number of carbonyl (C=O) groups excluding carboxylic acids is 3. The first kappa shape index (κ1) is 21.2. The molecule has 1 unspecified atom stereocenters. The van der Waals surface area contributed by atoms with Crippen molar-refractivity contribution in [2.45, 2.75) is 20.0 Å². The minimum absolute atomic E-state index is 0.150. The second kappa shape index (κ2) is 8.49. The Hall–Kier alpha value is -3.47. The van der Waals surface area contributed by atoms with Crippen molar-refractivity contribution in [1.29, 1.82) is 0 Å². The van der Waals surface area contributed by atoms with Crippen LogP contribution in [-0.4, -0.2) is 55.3 Å². The Balaban J connectivity index is 1.58. The van der Waals surface area contributed by atoms with Crippen LogP contribution >= 0.6 is 0 Å². The van der Waals surface area contributed by atoms with Crippen molar-refractivity contribution < 1.29 is 27.5 Å². The standard InChI is InChI=1S/C19H20N4O6S/c1-12(18(25)21-16-6-4-15(5-7-16)20-13(2)24)29-19(26)14-3-8-17-22-30(27,28)10-9-23(17)11-14/h3-8,11-12H,9-10H2,1-2H3,(H,20,24)(H,21,25). The van der Waals surface area contributed by atoms with Crippen molar-refractivity contribution in [2.24, 2.45) is 4.40 Å². The molecule has 1 atom stereocenters. The average molecular weight is 432 g/mol. The van der Waals surface area contributed by atoms with E-state index < -0.39 is 28.0 Å². The maximum absolute atomic E-state index is 12.4. The molecule has 158 valence electrons. The van der Waals surface area contributed by atoms with Gasteiger partial charge in [-0.1, -0.05) is 0 Å². The molecule has 1 aromatic carbocycles. The minimum atomic E-state index is -3.48. The number of nitrogens with zero attached hydrogens (tertiary/aromatic N) is 2. The Morgan fingerprint density at radius 1 is 1.10 bits per heavy atom. The van der Waals surface area contributed by atoms with E-state index >= 15 is 0 Å². The lowest BCUT2D eigenvalue weighted by Gasteiger charge is -2.27. The molecule has 11 heteroatoms. The van der Waals surface area contributed by atoms with Crippen LogP contribution in [0.2, 0.25) is 0 Å². The van der Waals surface area contributed by atoms with Crippen molar-refractivity contribution >= 4 is 45.0 Å². The van der Waals surface area contributed by atoms with Crippen LogP contribution in [0.25, 0.3) is 0 Å². The lowest BCUT2D eigenvalue weighted by atomic mass is 10.2. The van der Waals surface area contributed by atoms with E-state index in [4.69, 9.17) is 4.74 Å². The highest BCUT2D eigenvalue weighted by atomic mass is 32.2. The summed E-state index contributed by atoms with van der Waals surface area (Å²) in [5.74, 6) is -1.37. The number of nitrogens with one attached hydrogen (secondary N) is 2. The number of esters is 1. The summed E-state index contributed by atoms with van der Waals surface area (Å²) in [6.45, 7) is 3.00. The van der Waals surface area contributed by atoms with Crippen LogP contribution in [-0.2, 0) is 29.1 Å². The summed E-state index contributed by atoms with van der Waals surface area (Å²) in [5.41, 5.74) is 1.24. The Morgan fingerprint density at radius 2 is 1.73 bits per heavy atom. The van der Waals surface area contributed by atoms with E-state index in [1.54, 1.807) is 29.2 Å². The maximum atomic E-state index is 12.4. The van der Waals surface area contributed by atoms with E-state index in [0.29, 0.717) is 11.4 Å². The monoisotopic (exact) mass is 432 g/mol. The fourth-order valence-electron chi connectivity index (χ4n) is 2.69. The van der Waals surface area contributed by atoms with E-state index in [2.05, 4.69) is 15.0 Å². The Bertz CT molecular complexity index is 1070. The number of hydrogen-bond acceptors (Lipinski definition) is 7. The molecule has 0 saturated heterocycles. The van der Waals surface area contributed by atoms with Crippen LogP contribution in [0.15, 0.2) is 52.6 Å². The van der Waals surface area contributed by atoms with Gasteiger partial charge in [-0.05, 0) is 43.3 Å². The van der Waals surface area contributed by atoms with Crippen molar-refractivity contribution in [1.82, 2.24) is 4.90 Å². The number of fused-ring (bicyclic) bond motifs is 1. The SMILES string of the molecule is CC(=O)Nc1ccc(NC(=O)C(C)OC(=O)C2=CN3CCS(=O)(=O)N=C3C=C2)cc1. The largest absolute Gasteiger partial charge is 0.449 e. The summed E-state index contributed by atoms with van der Waals surface area (Å²) in [5, 5.41) is 5.24. The van der Waals surface area contributed by atoms with Gasteiger partial charge in [-0.25, -0.2) is 13.2 Å². The quantitative estimate of drug-likeness (QED) is 0.663. The molecular formula is C19H20N4O6S. The lowest BCUT2D eigenvalue weighted by molar-refractivity contribution is -0.149. The van der Waals surface area contributed by atoms with Gasteiger partial charge in [-0.15, -0.1) is 4.40 Å². The first-order valence-electron chi connectivity index (χ1n) is 9.02. The summed E-state index contributed by atoms with van der Waals surface area (Å²) in [6, 6.07) is 6.47. The van der Waals surface area contributed by atoms with Gasteiger partial charge in [0.1, 0.15) is 5.84 Å². The fourth-order valence-corrected chi connectivity index (χ4v) is 3.66. The van der Waals surface area contributed by atoms with Crippen LogP contribution in [0.1, 0.15) is 13.8 Å². The second-order valence-corrected chi connectivity index (χ2v) is 8.40. The predicted molar refractivity (Wildman–Crippen MR) is 110 cm³/mol. The fraction of sp³-hybridized carbons (Fsp3) is 0.263. The van der Waals surface area contributed by atoms with Crippen LogP contribution < -0.4 is 10.6 Å². The third kappa shape index (κ3) is 5.32. The molecule has 0 bridgehead atoms. The molecule has 0 saturated carbocycles. The van der Waals surface area contributed by atoms with Gasteiger partial charge in [0.15, 0.2) is 6.10 Å². The summed E-state index contributed by atoms with van der Waals surface area (Å²) < 4.78 is 31.9. The van der Waals surface area contributed by atoms with E-state index in [9.17, 15) is 22.8 Å². The molecule has 0 radical (unpaired) electrons. The minimum Gasteiger partial charge on any atom is -0.449 e. The van der Waals surface area contributed by atoms with Crippen molar-refractivity contribution in [3.8, 4) is 0 Å². The second-order valence-electron chi connectivity index (χ2n) is 6.64. The molecule has 2 heterocycles. The van der Waals surface area contributed by atoms with Crippen molar-refractivity contribution in [3.63, 3.8) is 0 Å². The Morgan fingerprint density at radius 3 is 2.37 bits per heavy atom. The van der Waals surface area contributed by atoms with Gasteiger partial charge in [-0.2, -0.15) is 0 Å². The number of carbonyl (C=O) groups is 3. The third-order valence-electron chi connectivity index (χ3n) is 4.19. The molecule has 30 heavy (non-hydrogen) atoms. The number of rotatable bonds is 5. The number of hydrogen-bond donors (Lipinski definition) is 2. The van der Waals surface area contributed by atoms with Gasteiger partial charge < -0.3 is 20.3 Å². The molecule has 2 aliphatic rings. The number of benzene rings is 1. The zero-order valence-electron chi connectivity index (χ0n) is 16.3. The maximum Gasteiger partial charge on any atom is 0.340 e. The molecule has 10 nitrogen and oxygen atoms in total. The lowest BCUT2D eigenvalue weighted by Crippen LogP contribution is -2.37. The molecular weight excluding hydrogens is 412 g/mol. The molecule has 0 spiro atoms. The molecule has 1 aromatic rings. The van der Waals surface area contributed by atoms with E-state index in [1.807, 2.05) is 0 Å². The van der Waals surface area contributed by atoms with Crippen LogP contribution in [0.5, 0.6) is 0 Å². The first-order valence-corrected chi connectivity index (χ1v) is 10.6. The van der Waals surface area contributed by atoms with E-state index in [1.165, 1.54) is 32.2 Å². The highest BCUT2D eigenvalue weighted by Gasteiger charge is 2.27. The van der Waals surface area contributed by atoms with Crippen molar-refractivity contribution in [3.05, 3.63) is 48.2 Å². The highest BCUT2D eigenvalue weighted by molar-refractivity contribution is 7.90. The molecule has 2 aliphatic heterocycles. The zero-order chi connectivity index (χ0) is 21.9.